The zero-order chi connectivity index (χ0) is 23.4. The Kier molecular flexibility index (Phi) is 6.18. The lowest BCUT2D eigenvalue weighted by molar-refractivity contribution is -0.123. The van der Waals surface area contributed by atoms with Gasteiger partial charge in [0.05, 0.1) is 22.4 Å². The van der Waals surface area contributed by atoms with Crippen LogP contribution >= 0.6 is 0 Å². The average molecular weight is 440 g/mol. The molecule has 0 saturated carbocycles. The standard InChI is InChI=1S/C26H20N2O5/c1-16(24(29)28-22-10-6-5-9-19(22)15-27)32-25(30)18-11-12-21-20(13-18)14-23(33-26(21)31)17-7-3-2-4-8-17/h2-13,16,23H,14H2,1H3,(H,28,29). The smallest absolute Gasteiger partial charge is 0.339 e. The van der Waals surface area contributed by atoms with Crippen LogP contribution in [0, 0.1) is 11.3 Å². The van der Waals surface area contributed by atoms with Crippen LogP contribution < -0.4 is 5.32 Å². The summed E-state index contributed by atoms with van der Waals surface area (Å²) < 4.78 is 10.9. The van der Waals surface area contributed by atoms with E-state index in [2.05, 4.69) is 5.32 Å². The van der Waals surface area contributed by atoms with Gasteiger partial charge in [0.1, 0.15) is 12.2 Å². The van der Waals surface area contributed by atoms with Crippen molar-refractivity contribution >= 4 is 23.5 Å². The van der Waals surface area contributed by atoms with Gasteiger partial charge < -0.3 is 14.8 Å². The molecule has 2 unspecified atom stereocenters. The first kappa shape index (κ1) is 21.8. The Morgan fingerprint density at radius 1 is 1.09 bits per heavy atom. The van der Waals surface area contributed by atoms with E-state index in [1.165, 1.54) is 19.1 Å². The maximum atomic E-state index is 12.7. The van der Waals surface area contributed by atoms with Crippen molar-refractivity contribution in [2.75, 3.05) is 5.32 Å². The second kappa shape index (κ2) is 9.37. The van der Waals surface area contributed by atoms with Gasteiger partial charge in [0, 0.05) is 6.42 Å². The zero-order valence-electron chi connectivity index (χ0n) is 17.8. The number of cyclic esters (lactones) is 1. The summed E-state index contributed by atoms with van der Waals surface area (Å²) in [5.41, 5.74) is 2.82. The van der Waals surface area contributed by atoms with Gasteiger partial charge in [0.15, 0.2) is 6.10 Å². The molecule has 0 bridgehead atoms. The van der Waals surface area contributed by atoms with Gasteiger partial charge in [0.2, 0.25) is 0 Å². The summed E-state index contributed by atoms with van der Waals surface area (Å²) in [4.78, 5) is 37.6. The molecule has 0 radical (unpaired) electrons. The molecule has 1 amide bonds. The van der Waals surface area contributed by atoms with Crippen LogP contribution in [0.2, 0.25) is 0 Å². The molecule has 164 valence electrons. The second-order valence-electron chi connectivity index (χ2n) is 7.57. The van der Waals surface area contributed by atoms with Crippen LogP contribution in [-0.2, 0) is 20.7 Å². The number of rotatable bonds is 5. The highest BCUT2D eigenvalue weighted by Crippen LogP contribution is 2.31. The van der Waals surface area contributed by atoms with E-state index in [-0.39, 0.29) is 5.56 Å². The Labute approximate surface area is 190 Å². The SMILES string of the molecule is CC(OC(=O)c1ccc2c(c1)CC(c1ccccc1)OC2=O)C(=O)Nc1ccccc1C#N. The predicted molar refractivity (Wildman–Crippen MR) is 119 cm³/mol. The molecule has 0 aliphatic carbocycles. The molecule has 0 fully saturated rings. The minimum absolute atomic E-state index is 0.229. The molecule has 7 heteroatoms. The Bertz CT molecular complexity index is 1260. The fraction of sp³-hybridized carbons (Fsp3) is 0.154. The van der Waals surface area contributed by atoms with Crippen LogP contribution in [0.15, 0.2) is 72.8 Å². The molecule has 2 atom stereocenters. The van der Waals surface area contributed by atoms with Gasteiger partial charge in [-0.05, 0) is 48.4 Å². The lowest BCUT2D eigenvalue weighted by Gasteiger charge is -2.25. The number of fused-ring (bicyclic) bond motifs is 1. The highest BCUT2D eigenvalue weighted by Gasteiger charge is 2.29. The Morgan fingerprint density at radius 2 is 1.82 bits per heavy atom. The van der Waals surface area contributed by atoms with Crippen molar-refractivity contribution in [1.29, 1.82) is 5.26 Å². The molecule has 1 aliphatic rings. The monoisotopic (exact) mass is 440 g/mol. The fourth-order valence-corrected chi connectivity index (χ4v) is 3.58. The molecule has 1 aliphatic heterocycles. The number of amides is 1. The van der Waals surface area contributed by atoms with Crippen LogP contribution in [0.25, 0.3) is 0 Å². The topological polar surface area (TPSA) is 105 Å². The molecule has 3 aromatic rings. The van der Waals surface area contributed by atoms with E-state index in [0.29, 0.717) is 28.8 Å². The first-order valence-corrected chi connectivity index (χ1v) is 10.4. The molecule has 4 rings (SSSR count). The lowest BCUT2D eigenvalue weighted by Crippen LogP contribution is -2.30. The summed E-state index contributed by atoms with van der Waals surface area (Å²) in [5, 5.41) is 11.7. The number of nitrogens with zero attached hydrogens (tertiary/aromatic N) is 1. The molecule has 7 nitrogen and oxygen atoms in total. The fourth-order valence-electron chi connectivity index (χ4n) is 3.58. The summed E-state index contributed by atoms with van der Waals surface area (Å²) in [5.74, 6) is -1.70. The minimum Gasteiger partial charge on any atom is -0.454 e. The Morgan fingerprint density at radius 3 is 2.58 bits per heavy atom. The van der Waals surface area contributed by atoms with E-state index in [0.717, 1.165) is 5.56 Å². The van der Waals surface area contributed by atoms with Gasteiger partial charge >= 0.3 is 11.9 Å². The van der Waals surface area contributed by atoms with E-state index in [1.807, 2.05) is 36.4 Å². The van der Waals surface area contributed by atoms with Crippen molar-refractivity contribution < 1.29 is 23.9 Å². The number of carbonyl (C=O) groups is 3. The summed E-state index contributed by atoms with van der Waals surface area (Å²) in [7, 11) is 0. The largest absolute Gasteiger partial charge is 0.454 e. The third-order valence-corrected chi connectivity index (χ3v) is 5.35. The third kappa shape index (κ3) is 4.75. The number of hydrogen-bond donors (Lipinski definition) is 1. The summed E-state index contributed by atoms with van der Waals surface area (Å²) in [6.45, 7) is 1.45. The Balaban J connectivity index is 1.46. The normalized spacial score (nSPS) is 15.4. The molecule has 1 heterocycles. The molecular formula is C26H20N2O5. The number of esters is 2. The van der Waals surface area contributed by atoms with Gasteiger partial charge in [0.25, 0.3) is 5.91 Å². The van der Waals surface area contributed by atoms with Crippen molar-refractivity contribution in [1.82, 2.24) is 0 Å². The first-order chi connectivity index (χ1) is 16.0. The molecule has 0 spiro atoms. The van der Waals surface area contributed by atoms with E-state index in [9.17, 15) is 14.4 Å². The summed E-state index contributed by atoms with van der Waals surface area (Å²) >= 11 is 0. The molecule has 33 heavy (non-hydrogen) atoms. The molecule has 1 N–H and O–H groups in total. The quantitative estimate of drug-likeness (QED) is 0.596. The van der Waals surface area contributed by atoms with Gasteiger partial charge in [-0.25, -0.2) is 9.59 Å². The van der Waals surface area contributed by atoms with Gasteiger partial charge in [-0.3, -0.25) is 4.79 Å². The van der Waals surface area contributed by atoms with Crippen LogP contribution in [0.5, 0.6) is 0 Å². The van der Waals surface area contributed by atoms with Crippen LogP contribution in [0.4, 0.5) is 5.69 Å². The van der Waals surface area contributed by atoms with E-state index in [4.69, 9.17) is 14.7 Å². The maximum absolute atomic E-state index is 12.7. The summed E-state index contributed by atoms with van der Waals surface area (Å²) in [6, 6.07) is 22.5. The third-order valence-electron chi connectivity index (χ3n) is 5.35. The van der Waals surface area contributed by atoms with Crippen LogP contribution in [0.3, 0.4) is 0 Å². The van der Waals surface area contributed by atoms with Crippen molar-refractivity contribution in [2.24, 2.45) is 0 Å². The number of carbonyl (C=O) groups excluding carboxylic acids is 3. The van der Waals surface area contributed by atoms with E-state index >= 15 is 0 Å². The van der Waals surface area contributed by atoms with Crippen molar-refractivity contribution in [3.63, 3.8) is 0 Å². The van der Waals surface area contributed by atoms with Gasteiger partial charge in [-0.1, -0.05) is 42.5 Å². The number of anilines is 1. The van der Waals surface area contributed by atoms with Crippen molar-refractivity contribution in [3.05, 3.63) is 101 Å². The van der Waals surface area contributed by atoms with Crippen molar-refractivity contribution in [2.45, 2.75) is 25.6 Å². The highest BCUT2D eigenvalue weighted by atomic mass is 16.6. The maximum Gasteiger partial charge on any atom is 0.339 e. The lowest BCUT2D eigenvalue weighted by atomic mass is 9.93. The van der Waals surface area contributed by atoms with Gasteiger partial charge in [-0.15, -0.1) is 0 Å². The molecule has 0 aromatic heterocycles. The number of nitriles is 1. The number of ether oxygens (including phenoxy) is 2. The minimum atomic E-state index is -1.10. The molecule has 0 saturated heterocycles. The van der Waals surface area contributed by atoms with E-state index < -0.39 is 30.1 Å². The zero-order valence-corrected chi connectivity index (χ0v) is 17.8. The number of nitrogens with one attached hydrogen (secondary N) is 1. The van der Waals surface area contributed by atoms with E-state index in [1.54, 1.807) is 30.3 Å². The molecular weight excluding hydrogens is 420 g/mol. The second-order valence-corrected chi connectivity index (χ2v) is 7.57. The van der Waals surface area contributed by atoms with Gasteiger partial charge in [-0.2, -0.15) is 5.26 Å². The number of benzene rings is 3. The Hall–Kier alpha value is -4.44. The van der Waals surface area contributed by atoms with Crippen LogP contribution in [-0.4, -0.2) is 23.9 Å². The number of hydrogen-bond acceptors (Lipinski definition) is 6. The summed E-state index contributed by atoms with van der Waals surface area (Å²) in [6.07, 6.45) is -1.11. The average Bonchev–Trinajstić information content (AvgIpc) is 2.84. The van der Waals surface area contributed by atoms with Crippen molar-refractivity contribution in [3.8, 4) is 6.07 Å². The predicted octanol–water partition coefficient (Wildman–Crippen LogP) is 4.20. The molecule has 3 aromatic carbocycles. The van der Waals surface area contributed by atoms with Crippen LogP contribution in [0.1, 0.15) is 50.4 Å². The highest BCUT2D eigenvalue weighted by molar-refractivity contribution is 5.99. The number of para-hydroxylation sites is 1. The first-order valence-electron chi connectivity index (χ1n) is 10.4.